The first-order valence-corrected chi connectivity index (χ1v) is 9.26. The summed E-state index contributed by atoms with van der Waals surface area (Å²) in [5, 5.41) is 0. The Morgan fingerprint density at radius 1 is 1.25 bits per heavy atom. The van der Waals surface area contributed by atoms with Gasteiger partial charge in [-0.3, -0.25) is 4.79 Å². The van der Waals surface area contributed by atoms with Crippen molar-refractivity contribution >= 4 is 15.7 Å². The van der Waals surface area contributed by atoms with E-state index in [1.165, 1.54) is 13.8 Å². The Hall–Kier alpha value is -0.620. The van der Waals surface area contributed by atoms with Crippen LogP contribution in [0.2, 0.25) is 0 Å². The predicted octanol–water partition coefficient (Wildman–Crippen LogP) is 1.32. The standard InChI is InChI=1S/C14H28N2O3S/c1-5-10-16(12-8-6-11(15)7-9-12)13(17)14(2,3)20(4,18)19/h11-12H,5-10,15H2,1-4H3. The fourth-order valence-corrected chi connectivity index (χ4v) is 3.04. The molecule has 1 aliphatic carbocycles. The van der Waals surface area contributed by atoms with Gasteiger partial charge in [-0.25, -0.2) is 8.42 Å². The van der Waals surface area contributed by atoms with E-state index < -0.39 is 14.6 Å². The summed E-state index contributed by atoms with van der Waals surface area (Å²) >= 11 is 0. The highest BCUT2D eigenvalue weighted by molar-refractivity contribution is 7.92. The van der Waals surface area contributed by atoms with Gasteiger partial charge >= 0.3 is 0 Å². The molecule has 1 amide bonds. The molecule has 118 valence electrons. The van der Waals surface area contributed by atoms with Crippen LogP contribution in [-0.2, 0) is 14.6 Å². The van der Waals surface area contributed by atoms with Gasteiger partial charge in [-0.2, -0.15) is 0 Å². The van der Waals surface area contributed by atoms with Crippen molar-refractivity contribution in [3.63, 3.8) is 0 Å². The number of rotatable bonds is 5. The fraction of sp³-hybridized carbons (Fsp3) is 0.929. The molecule has 20 heavy (non-hydrogen) atoms. The van der Waals surface area contributed by atoms with Crippen molar-refractivity contribution in [2.45, 2.75) is 69.7 Å². The highest BCUT2D eigenvalue weighted by Crippen LogP contribution is 2.27. The molecule has 0 saturated heterocycles. The average Bonchev–Trinajstić information content (AvgIpc) is 2.35. The van der Waals surface area contributed by atoms with E-state index in [4.69, 9.17) is 5.73 Å². The molecule has 0 unspecified atom stereocenters. The third kappa shape index (κ3) is 3.73. The molecule has 0 heterocycles. The van der Waals surface area contributed by atoms with E-state index in [1.807, 2.05) is 6.92 Å². The number of hydrogen-bond acceptors (Lipinski definition) is 4. The molecule has 0 aromatic carbocycles. The lowest BCUT2D eigenvalue weighted by atomic mass is 9.90. The Labute approximate surface area is 122 Å². The molecular weight excluding hydrogens is 276 g/mol. The highest BCUT2D eigenvalue weighted by atomic mass is 32.2. The second-order valence-corrected chi connectivity index (χ2v) is 8.91. The highest BCUT2D eigenvalue weighted by Gasteiger charge is 2.43. The van der Waals surface area contributed by atoms with E-state index >= 15 is 0 Å². The Morgan fingerprint density at radius 2 is 1.75 bits per heavy atom. The van der Waals surface area contributed by atoms with Gasteiger partial charge in [0.05, 0.1) is 0 Å². The van der Waals surface area contributed by atoms with Gasteiger partial charge in [-0.15, -0.1) is 0 Å². The molecule has 0 spiro atoms. The minimum atomic E-state index is -3.43. The molecule has 0 bridgehead atoms. The second-order valence-electron chi connectivity index (χ2n) is 6.35. The van der Waals surface area contributed by atoms with Crippen molar-refractivity contribution < 1.29 is 13.2 Å². The van der Waals surface area contributed by atoms with Crippen molar-refractivity contribution in [1.29, 1.82) is 0 Å². The molecule has 2 N–H and O–H groups in total. The van der Waals surface area contributed by atoms with E-state index in [9.17, 15) is 13.2 Å². The molecule has 1 rings (SSSR count). The summed E-state index contributed by atoms with van der Waals surface area (Å²) in [4.78, 5) is 14.5. The lowest BCUT2D eigenvalue weighted by Gasteiger charge is -2.39. The van der Waals surface area contributed by atoms with Crippen LogP contribution in [0.4, 0.5) is 0 Å². The van der Waals surface area contributed by atoms with Crippen LogP contribution >= 0.6 is 0 Å². The lowest BCUT2D eigenvalue weighted by Crippen LogP contribution is -2.54. The maximum absolute atomic E-state index is 12.7. The number of hydrogen-bond donors (Lipinski definition) is 1. The number of sulfone groups is 1. The van der Waals surface area contributed by atoms with E-state index in [2.05, 4.69) is 0 Å². The summed E-state index contributed by atoms with van der Waals surface area (Å²) in [6.45, 7) is 5.61. The molecule has 0 radical (unpaired) electrons. The Balaban J connectivity index is 2.93. The zero-order valence-corrected chi connectivity index (χ0v) is 13.9. The van der Waals surface area contributed by atoms with Crippen molar-refractivity contribution in [1.82, 2.24) is 4.90 Å². The topological polar surface area (TPSA) is 80.5 Å². The van der Waals surface area contributed by atoms with Crippen LogP contribution in [0.5, 0.6) is 0 Å². The molecule has 1 saturated carbocycles. The van der Waals surface area contributed by atoms with Crippen LogP contribution in [-0.4, -0.2) is 48.9 Å². The Bertz CT molecular complexity index is 437. The monoisotopic (exact) mass is 304 g/mol. The summed E-state index contributed by atoms with van der Waals surface area (Å²) in [5.41, 5.74) is 5.90. The second kappa shape index (κ2) is 6.43. The van der Waals surface area contributed by atoms with E-state index in [-0.39, 0.29) is 18.0 Å². The summed E-state index contributed by atoms with van der Waals surface area (Å²) in [6, 6.07) is 0.344. The molecule has 0 atom stereocenters. The maximum Gasteiger partial charge on any atom is 0.243 e. The normalized spacial score (nSPS) is 24.4. The van der Waals surface area contributed by atoms with Gasteiger partial charge < -0.3 is 10.6 Å². The van der Waals surface area contributed by atoms with Crippen LogP contribution in [0.1, 0.15) is 52.9 Å². The molecule has 5 nitrogen and oxygen atoms in total. The van der Waals surface area contributed by atoms with Crippen LogP contribution in [0, 0.1) is 0 Å². The number of carbonyl (C=O) groups is 1. The van der Waals surface area contributed by atoms with Gasteiger partial charge in [0.2, 0.25) is 5.91 Å². The van der Waals surface area contributed by atoms with Crippen LogP contribution in [0.25, 0.3) is 0 Å². The number of nitrogens with zero attached hydrogens (tertiary/aromatic N) is 1. The quantitative estimate of drug-likeness (QED) is 0.830. The smallest absolute Gasteiger partial charge is 0.243 e. The summed E-state index contributed by atoms with van der Waals surface area (Å²) in [6.07, 6.45) is 5.49. The fourth-order valence-electron chi connectivity index (χ4n) is 2.61. The first-order chi connectivity index (χ1) is 9.11. The van der Waals surface area contributed by atoms with Gasteiger partial charge in [0.1, 0.15) is 4.75 Å². The summed E-state index contributed by atoms with van der Waals surface area (Å²) < 4.78 is 22.4. The van der Waals surface area contributed by atoms with Crippen LogP contribution < -0.4 is 5.73 Å². The van der Waals surface area contributed by atoms with E-state index in [0.717, 1.165) is 38.4 Å². The molecular formula is C14H28N2O3S. The number of nitrogens with two attached hydrogens (primary N) is 1. The van der Waals surface area contributed by atoms with Crippen LogP contribution in [0.15, 0.2) is 0 Å². The van der Waals surface area contributed by atoms with Gasteiger partial charge in [0.25, 0.3) is 0 Å². The number of carbonyl (C=O) groups excluding carboxylic acids is 1. The van der Waals surface area contributed by atoms with Crippen molar-refractivity contribution in [2.24, 2.45) is 5.73 Å². The van der Waals surface area contributed by atoms with Crippen molar-refractivity contribution in [3.05, 3.63) is 0 Å². The minimum Gasteiger partial charge on any atom is -0.338 e. The van der Waals surface area contributed by atoms with E-state index in [0.29, 0.717) is 6.54 Å². The largest absolute Gasteiger partial charge is 0.338 e. The van der Waals surface area contributed by atoms with Crippen LogP contribution in [0.3, 0.4) is 0 Å². The molecule has 1 aliphatic rings. The van der Waals surface area contributed by atoms with Gasteiger partial charge in [-0.05, 0) is 46.0 Å². The SMILES string of the molecule is CCCN(C(=O)C(C)(C)S(C)(=O)=O)C1CCC(N)CC1. The summed E-state index contributed by atoms with van der Waals surface area (Å²) in [7, 11) is -3.43. The zero-order valence-electron chi connectivity index (χ0n) is 13.1. The Kier molecular flexibility index (Phi) is 5.61. The molecule has 0 aromatic heterocycles. The third-order valence-corrected chi connectivity index (χ3v) is 6.38. The molecule has 1 fully saturated rings. The van der Waals surface area contributed by atoms with Gasteiger partial charge in [-0.1, -0.05) is 6.92 Å². The van der Waals surface area contributed by atoms with E-state index in [1.54, 1.807) is 4.90 Å². The Morgan fingerprint density at radius 3 is 2.15 bits per heavy atom. The average molecular weight is 304 g/mol. The lowest BCUT2D eigenvalue weighted by molar-refractivity contribution is -0.136. The predicted molar refractivity (Wildman–Crippen MR) is 81.2 cm³/mol. The minimum absolute atomic E-state index is 0.128. The van der Waals surface area contributed by atoms with Crippen molar-refractivity contribution in [3.8, 4) is 0 Å². The zero-order chi connectivity index (χ0) is 15.6. The third-order valence-electron chi connectivity index (χ3n) is 4.35. The first kappa shape index (κ1) is 17.4. The molecule has 6 heteroatoms. The molecule has 0 aromatic rings. The number of amides is 1. The molecule has 0 aliphatic heterocycles. The summed E-state index contributed by atoms with van der Waals surface area (Å²) in [5.74, 6) is -0.276. The maximum atomic E-state index is 12.7. The van der Waals surface area contributed by atoms with Gasteiger partial charge in [0.15, 0.2) is 9.84 Å². The van der Waals surface area contributed by atoms with Gasteiger partial charge in [0, 0.05) is 24.9 Å². The van der Waals surface area contributed by atoms with Crippen molar-refractivity contribution in [2.75, 3.05) is 12.8 Å². The first-order valence-electron chi connectivity index (χ1n) is 7.37.